The molecule has 4 heteroatoms. The molecule has 1 aromatic heterocycles. The van der Waals surface area contributed by atoms with Gasteiger partial charge in [-0.05, 0) is 54.4 Å². The molecule has 0 unspecified atom stereocenters. The molecule has 1 heterocycles. The smallest absolute Gasteiger partial charge is 0.119 e. The molecule has 3 nitrogen and oxygen atoms in total. The topological polar surface area (TPSA) is 35.0 Å². The molecule has 23 heavy (non-hydrogen) atoms. The van der Waals surface area contributed by atoms with Gasteiger partial charge in [-0.3, -0.25) is 0 Å². The average Bonchev–Trinajstić information content (AvgIpc) is 2.62. The molecule has 0 saturated carbocycles. The van der Waals surface area contributed by atoms with Crippen molar-refractivity contribution in [2.45, 2.75) is 17.7 Å². The maximum absolute atomic E-state index is 5.17. The van der Waals surface area contributed by atoms with Crippen molar-refractivity contribution in [2.24, 2.45) is 0 Å². The van der Waals surface area contributed by atoms with Crippen LogP contribution >= 0.6 is 11.8 Å². The molecule has 0 saturated heterocycles. The first-order valence-corrected chi connectivity index (χ1v) is 8.40. The molecule has 0 atom stereocenters. The number of benzene rings is 2. The normalized spacial score (nSPS) is 10.5. The Morgan fingerprint density at radius 1 is 0.913 bits per heavy atom. The zero-order chi connectivity index (χ0) is 16.1. The van der Waals surface area contributed by atoms with Gasteiger partial charge in [0.2, 0.25) is 0 Å². The predicted molar refractivity (Wildman–Crippen MR) is 94.8 cm³/mol. The van der Waals surface area contributed by atoms with Gasteiger partial charge in [-0.15, -0.1) is 10.2 Å². The Kier molecular flexibility index (Phi) is 4.93. The number of aryl methyl sites for hydroxylation is 1. The minimum Gasteiger partial charge on any atom is -0.497 e. The van der Waals surface area contributed by atoms with E-state index >= 15 is 0 Å². The summed E-state index contributed by atoms with van der Waals surface area (Å²) in [5.41, 5.74) is 4.54. The van der Waals surface area contributed by atoms with Gasteiger partial charge in [0.1, 0.15) is 10.8 Å². The third-order valence-electron chi connectivity index (χ3n) is 3.66. The third-order valence-corrected chi connectivity index (χ3v) is 4.63. The van der Waals surface area contributed by atoms with Gasteiger partial charge in [-0.2, -0.15) is 0 Å². The molecule has 0 amide bonds. The van der Waals surface area contributed by atoms with Gasteiger partial charge in [0.15, 0.2) is 0 Å². The first-order valence-electron chi connectivity index (χ1n) is 7.42. The van der Waals surface area contributed by atoms with Crippen LogP contribution in [0.2, 0.25) is 0 Å². The molecule has 3 aromatic rings. The van der Waals surface area contributed by atoms with Gasteiger partial charge in [0.05, 0.1) is 12.8 Å². The lowest BCUT2D eigenvalue weighted by molar-refractivity contribution is 0.415. The molecule has 2 aromatic carbocycles. The molecule has 0 spiro atoms. The number of aromatic nitrogens is 2. The Labute approximate surface area is 140 Å². The van der Waals surface area contributed by atoms with Crippen LogP contribution in [0.3, 0.4) is 0 Å². The Morgan fingerprint density at radius 2 is 1.70 bits per heavy atom. The molecule has 0 aliphatic rings. The number of ether oxygens (including phenoxy) is 1. The monoisotopic (exact) mass is 322 g/mol. The molecule has 0 bridgehead atoms. The molecule has 3 rings (SSSR count). The highest BCUT2D eigenvalue weighted by Gasteiger charge is 2.04. The SMILES string of the molecule is COc1ccc(-c2ccc(SCc3ccccc3C)nn2)cc1. The lowest BCUT2D eigenvalue weighted by atomic mass is 10.1. The molecule has 0 fully saturated rings. The predicted octanol–water partition coefficient (Wildman–Crippen LogP) is 4.75. The van der Waals surface area contributed by atoms with Crippen molar-refractivity contribution >= 4 is 11.8 Å². The average molecular weight is 322 g/mol. The van der Waals surface area contributed by atoms with E-state index in [1.165, 1.54) is 11.1 Å². The molecule has 0 radical (unpaired) electrons. The van der Waals surface area contributed by atoms with E-state index in [1.807, 2.05) is 36.4 Å². The minimum atomic E-state index is 0.840. The summed E-state index contributed by atoms with van der Waals surface area (Å²) in [6.45, 7) is 2.13. The van der Waals surface area contributed by atoms with Crippen molar-refractivity contribution in [3.05, 3.63) is 71.8 Å². The number of rotatable bonds is 5. The number of methoxy groups -OCH3 is 1. The first-order chi connectivity index (χ1) is 11.3. The summed E-state index contributed by atoms with van der Waals surface area (Å²) in [7, 11) is 1.66. The highest BCUT2D eigenvalue weighted by Crippen LogP contribution is 2.25. The fourth-order valence-electron chi connectivity index (χ4n) is 2.24. The van der Waals surface area contributed by atoms with E-state index in [-0.39, 0.29) is 0 Å². The summed E-state index contributed by atoms with van der Waals surface area (Å²) >= 11 is 1.70. The van der Waals surface area contributed by atoms with Crippen LogP contribution in [-0.2, 0) is 5.75 Å². The lowest BCUT2D eigenvalue weighted by Crippen LogP contribution is -1.91. The van der Waals surface area contributed by atoms with Crippen LogP contribution < -0.4 is 4.74 Å². The number of nitrogens with zero attached hydrogens (tertiary/aromatic N) is 2. The van der Waals surface area contributed by atoms with Crippen LogP contribution in [0.15, 0.2) is 65.7 Å². The second-order valence-electron chi connectivity index (χ2n) is 5.20. The molecule has 116 valence electrons. The van der Waals surface area contributed by atoms with E-state index in [0.29, 0.717) is 0 Å². The second kappa shape index (κ2) is 7.29. The maximum Gasteiger partial charge on any atom is 0.119 e. The summed E-state index contributed by atoms with van der Waals surface area (Å²) in [5, 5.41) is 9.59. The third kappa shape index (κ3) is 3.90. The number of thioether (sulfide) groups is 1. The van der Waals surface area contributed by atoms with Crippen molar-refractivity contribution in [3.8, 4) is 17.0 Å². The van der Waals surface area contributed by atoms with Crippen LogP contribution in [0.25, 0.3) is 11.3 Å². The zero-order valence-corrected chi connectivity index (χ0v) is 14.0. The van der Waals surface area contributed by atoms with Gasteiger partial charge < -0.3 is 4.74 Å². The molecule has 0 N–H and O–H groups in total. The fraction of sp³-hybridized carbons (Fsp3) is 0.158. The van der Waals surface area contributed by atoms with E-state index in [0.717, 1.165) is 27.8 Å². The summed E-state index contributed by atoms with van der Waals surface area (Å²) < 4.78 is 5.17. The van der Waals surface area contributed by atoms with Crippen molar-refractivity contribution in [3.63, 3.8) is 0 Å². The summed E-state index contributed by atoms with van der Waals surface area (Å²) in [6, 6.07) is 20.3. The van der Waals surface area contributed by atoms with E-state index in [2.05, 4.69) is 41.4 Å². The quantitative estimate of drug-likeness (QED) is 0.635. The van der Waals surface area contributed by atoms with E-state index in [4.69, 9.17) is 4.74 Å². The molecule has 0 aliphatic heterocycles. The number of hydrogen-bond donors (Lipinski definition) is 0. The van der Waals surface area contributed by atoms with Gasteiger partial charge in [0, 0.05) is 11.3 Å². The lowest BCUT2D eigenvalue weighted by Gasteiger charge is -2.05. The Balaban J connectivity index is 1.68. The molecular weight excluding hydrogens is 304 g/mol. The molecule has 0 aliphatic carbocycles. The largest absolute Gasteiger partial charge is 0.497 e. The number of hydrogen-bond acceptors (Lipinski definition) is 4. The Bertz CT molecular complexity index is 770. The first kappa shape index (κ1) is 15.6. The van der Waals surface area contributed by atoms with Gasteiger partial charge in [0.25, 0.3) is 0 Å². The van der Waals surface area contributed by atoms with Crippen LogP contribution in [0.1, 0.15) is 11.1 Å². The van der Waals surface area contributed by atoms with Crippen molar-refractivity contribution in [2.75, 3.05) is 7.11 Å². The van der Waals surface area contributed by atoms with E-state index in [1.54, 1.807) is 18.9 Å². The van der Waals surface area contributed by atoms with Crippen LogP contribution in [0.5, 0.6) is 5.75 Å². The summed E-state index contributed by atoms with van der Waals surface area (Å²) in [4.78, 5) is 0. The zero-order valence-electron chi connectivity index (χ0n) is 13.2. The summed E-state index contributed by atoms with van der Waals surface area (Å²) in [5.74, 6) is 1.75. The molecular formula is C19H18N2OS. The fourth-order valence-corrected chi connectivity index (χ4v) is 3.13. The Morgan fingerprint density at radius 3 is 2.35 bits per heavy atom. The van der Waals surface area contributed by atoms with Crippen molar-refractivity contribution in [1.29, 1.82) is 0 Å². The Hall–Kier alpha value is -2.33. The van der Waals surface area contributed by atoms with Crippen molar-refractivity contribution < 1.29 is 4.74 Å². The van der Waals surface area contributed by atoms with Gasteiger partial charge in [-0.25, -0.2) is 0 Å². The van der Waals surface area contributed by atoms with Crippen LogP contribution in [-0.4, -0.2) is 17.3 Å². The van der Waals surface area contributed by atoms with E-state index in [9.17, 15) is 0 Å². The standard InChI is InChI=1S/C19H18N2OS/c1-14-5-3-4-6-16(14)13-23-19-12-11-18(20-21-19)15-7-9-17(22-2)10-8-15/h3-12H,13H2,1-2H3. The summed E-state index contributed by atoms with van der Waals surface area (Å²) in [6.07, 6.45) is 0. The maximum atomic E-state index is 5.17. The van der Waals surface area contributed by atoms with Crippen LogP contribution in [0, 0.1) is 6.92 Å². The van der Waals surface area contributed by atoms with Gasteiger partial charge in [-0.1, -0.05) is 36.0 Å². The second-order valence-corrected chi connectivity index (χ2v) is 6.20. The van der Waals surface area contributed by atoms with Crippen molar-refractivity contribution in [1.82, 2.24) is 10.2 Å². The van der Waals surface area contributed by atoms with E-state index < -0.39 is 0 Å². The highest BCUT2D eigenvalue weighted by molar-refractivity contribution is 7.98. The minimum absolute atomic E-state index is 0.840. The van der Waals surface area contributed by atoms with Crippen LogP contribution in [0.4, 0.5) is 0 Å². The highest BCUT2D eigenvalue weighted by atomic mass is 32.2. The van der Waals surface area contributed by atoms with Gasteiger partial charge >= 0.3 is 0 Å².